The lowest BCUT2D eigenvalue weighted by molar-refractivity contribution is 0.566. The van der Waals surface area contributed by atoms with E-state index in [4.69, 9.17) is 9.97 Å². The third-order valence-corrected chi connectivity index (χ3v) is 3.30. The van der Waals surface area contributed by atoms with Crippen LogP contribution >= 0.6 is 0 Å². The van der Waals surface area contributed by atoms with E-state index in [1.165, 1.54) is 0 Å². The molecule has 106 valence electrons. The van der Waals surface area contributed by atoms with E-state index in [1.807, 2.05) is 12.1 Å². The molecule has 0 radical (unpaired) electrons. The van der Waals surface area contributed by atoms with Gasteiger partial charge in [0.05, 0.1) is 11.4 Å². The van der Waals surface area contributed by atoms with Crippen LogP contribution in [-0.4, -0.2) is 9.97 Å². The van der Waals surface area contributed by atoms with Crippen molar-refractivity contribution in [3.05, 3.63) is 47.8 Å². The lowest BCUT2D eigenvalue weighted by Gasteiger charge is -2.20. The molecule has 0 N–H and O–H groups in total. The second kappa shape index (κ2) is 5.01. The van der Waals surface area contributed by atoms with Crippen LogP contribution in [0.25, 0.3) is 11.4 Å². The van der Waals surface area contributed by atoms with Gasteiger partial charge in [0, 0.05) is 22.2 Å². The van der Waals surface area contributed by atoms with E-state index in [-0.39, 0.29) is 10.8 Å². The SMILES string of the molecule is CC(C)(C)c1cccc(-c2cccc(C(C)(C)C)n2)n1. The first kappa shape index (κ1) is 14.7. The van der Waals surface area contributed by atoms with Crippen LogP contribution in [0.2, 0.25) is 0 Å². The first-order chi connectivity index (χ1) is 9.18. The summed E-state index contributed by atoms with van der Waals surface area (Å²) in [7, 11) is 0. The molecule has 2 heteroatoms. The van der Waals surface area contributed by atoms with Crippen molar-refractivity contribution in [2.45, 2.75) is 52.4 Å². The fraction of sp³-hybridized carbons (Fsp3) is 0.444. The van der Waals surface area contributed by atoms with Crippen LogP contribution in [0.15, 0.2) is 36.4 Å². The smallest absolute Gasteiger partial charge is 0.0889 e. The van der Waals surface area contributed by atoms with E-state index in [0.717, 1.165) is 22.8 Å². The zero-order valence-electron chi connectivity index (χ0n) is 13.4. The summed E-state index contributed by atoms with van der Waals surface area (Å²) >= 11 is 0. The summed E-state index contributed by atoms with van der Waals surface area (Å²) in [5.74, 6) is 0. The van der Waals surface area contributed by atoms with Gasteiger partial charge in [0.2, 0.25) is 0 Å². The van der Waals surface area contributed by atoms with Gasteiger partial charge in [-0.05, 0) is 24.3 Å². The molecule has 0 amide bonds. The van der Waals surface area contributed by atoms with E-state index >= 15 is 0 Å². The van der Waals surface area contributed by atoms with Crippen molar-refractivity contribution < 1.29 is 0 Å². The maximum absolute atomic E-state index is 4.77. The number of rotatable bonds is 1. The van der Waals surface area contributed by atoms with Gasteiger partial charge in [-0.15, -0.1) is 0 Å². The van der Waals surface area contributed by atoms with Gasteiger partial charge < -0.3 is 0 Å². The summed E-state index contributed by atoms with van der Waals surface area (Å²) in [5, 5.41) is 0. The minimum atomic E-state index is 0.0532. The highest BCUT2D eigenvalue weighted by atomic mass is 14.8. The molecule has 0 spiro atoms. The Morgan fingerprint density at radius 2 is 0.950 bits per heavy atom. The molecule has 2 heterocycles. The summed E-state index contributed by atoms with van der Waals surface area (Å²) in [6, 6.07) is 12.4. The minimum Gasteiger partial charge on any atom is -0.251 e. The molecule has 0 aromatic carbocycles. The molecule has 0 saturated heterocycles. The van der Waals surface area contributed by atoms with Gasteiger partial charge in [-0.2, -0.15) is 0 Å². The number of aromatic nitrogens is 2. The van der Waals surface area contributed by atoms with Crippen LogP contribution < -0.4 is 0 Å². The number of pyridine rings is 2. The van der Waals surface area contributed by atoms with Crippen LogP contribution in [0.4, 0.5) is 0 Å². The molecule has 0 saturated carbocycles. The predicted molar refractivity (Wildman–Crippen MR) is 84.9 cm³/mol. The Balaban J connectivity index is 2.47. The van der Waals surface area contributed by atoms with Crippen molar-refractivity contribution in [1.29, 1.82) is 0 Å². The second-order valence-electron chi connectivity index (χ2n) is 7.32. The highest BCUT2D eigenvalue weighted by Crippen LogP contribution is 2.25. The summed E-state index contributed by atoms with van der Waals surface area (Å²) in [5.41, 5.74) is 4.19. The minimum absolute atomic E-state index is 0.0532. The van der Waals surface area contributed by atoms with E-state index in [9.17, 15) is 0 Å². The molecule has 0 aliphatic rings. The fourth-order valence-electron chi connectivity index (χ4n) is 1.99. The summed E-state index contributed by atoms with van der Waals surface area (Å²) in [6.45, 7) is 13.1. The summed E-state index contributed by atoms with van der Waals surface area (Å²) in [4.78, 5) is 9.55. The van der Waals surface area contributed by atoms with Gasteiger partial charge in [0.1, 0.15) is 0 Å². The monoisotopic (exact) mass is 268 g/mol. The van der Waals surface area contributed by atoms with Crippen LogP contribution in [-0.2, 0) is 10.8 Å². The van der Waals surface area contributed by atoms with E-state index in [0.29, 0.717) is 0 Å². The molecule has 2 aromatic heterocycles. The Bertz CT molecular complexity index is 546. The van der Waals surface area contributed by atoms with Crippen LogP contribution in [0.3, 0.4) is 0 Å². The lowest BCUT2D eigenvalue weighted by Crippen LogP contribution is -2.15. The molecule has 2 aromatic rings. The van der Waals surface area contributed by atoms with Gasteiger partial charge in [-0.3, -0.25) is 9.97 Å². The van der Waals surface area contributed by atoms with E-state index in [1.54, 1.807) is 0 Å². The molecule has 2 nitrogen and oxygen atoms in total. The maximum atomic E-state index is 4.77. The Morgan fingerprint density at radius 3 is 1.25 bits per heavy atom. The molecular weight excluding hydrogens is 244 g/mol. The van der Waals surface area contributed by atoms with Crippen LogP contribution in [0, 0.1) is 0 Å². The Morgan fingerprint density at radius 1 is 0.600 bits per heavy atom. The van der Waals surface area contributed by atoms with Crippen molar-refractivity contribution in [1.82, 2.24) is 9.97 Å². The van der Waals surface area contributed by atoms with Crippen molar-refractivity contribution in [2.24, 2.45) is 0 Å². The second-order valence-corrected chi connectivity index (χ2v) is 7.32. The zero-order chi connectivity index (χ0) is 15.0. The Labute approximate surface area is 122 Å². The van der Waals surface area contributed by atoms with Gasteiger partial charge in [-0.25, -0.2) is 0 Å². The van der Waals surface area contributed by atoms with Gasteiger partial charge in [0.15, 0.2) is 0 Å². The fourth-order valence-corrected chi connectivity index (χ4v) is 1.99. The molecule has 0 fully saturated rings. The molecule has 0 aliphatic carbocycles. The average Bonchev–Trinajstić information content (AvgIpc) is 2.37. The van der Waals surface area contributed by atoms with E-state index in [2.05, 4.69) is 65.8 Å². The van der Waals surface area contributed by atoms with Crippen molar-refractivity contribution >= 4 is 0 Å². The lowest BCUT2D eigenvalue weighted by atomic mass is 9.91. The van der Waals surface area contributed by atoms with Gasteiger partial charge in [-0.1, -0.05) is 53.7 Å². The van der Waals surface area contributed by atoms with E-state index < -0.39 is 0 Å². The summed E-state index contributed by atoms with van der Waals surface area (Å²) in [6.07, 6.45) is 0. The normalized spacial score (nSPS) is 12.5. The third kappa shape index (κ3) is 3.24. The quantitative estimate of drug-likeness (QED) is 0.746. The highest BCUT2D eigenvalue weighted by Gasteiger charge is 2.18. The van der Waals surface area contributed by atoms with Crippen LogP contribution in [0.1, 0.15) is 52.9 Å². The number of nitrogens with zero attached hydrogens (tertiary/aromatic N) is 2. The first-order valence-electron chi connectivity index (χ1n) is 7.13. The van der Waals surface area contributed by atoms with Crippen molar-refractivity contribution in [3.8, 4) is 11.4 Å². The molecular formula is C18H24N2. The molecule has 20 heavy (non-hydrogen) atoms. The van der Waals surface area contributed by atoms with Crippen molar-refractivity contribution in [3.63, 3.8) is 0 Å². The average molecular weight is 268 g/mol. The summed E-state index contributed by atoms with van der Waals surface area (Å²) < 4.78 is 0. The molecule has 0 atom stereocenters. The predicted octanol–water partition coefficient (Wildman–Crippen LogP) is 4.74. The van der Waals surface area contributed by atoms with Crippen LogP contribution in [0.5, 0.6) is 0 Å². The Kier molecular flexibility index (Phi) is 3.68. The highest BCUT2D eigenvalue weighted by molar-refractivity contribution is 5.54. The number of hydrogen-bond donors (Lipinski definition) is 0. The standard InChI is InChI=1S/C18H24N2/c1-17(2,3)15-11-7-9-13(19-15)14-10-8-12-16(20-14)18(4,5)6/h7-12H,1-6H3. The molecule has 2 rings (SSSR count). The third-order valence-electron chi connectivity index (χ3n) is 3.30. The van der Waals surface area contributed by atoms with Gasteiger partial charge >= 0.3 is 0 Å². The Hall–Kier alpha value is -1.70. The molecule has 0 unspecified atom stereocenters. The zero-order valence-corrected chi connectivity index (χ0v) is 13.4. The maximum Gasteiger partial charge on any atom is 0.0889 e. The number of hydrogen-bond acceptors (Lipinski definition) is 2. The first-order valence-corrected chi connectivity index (χ1v) is 7.13. The molecule has 0 bridgehead atoms. The van der Waals surface area contributed by atoms with Gasteiger partial charge in [0.25, 0.3) is 0 Å². The molecule has 0 aliphatic heterocycles. The topological polar surface area (TPSA) is 25.8 Å². The van der Waals surface area contributed by atoms with Crippen molar-refractivity contribution in [2.75, 3.05) is 0 Å². The largest absolute Gasteiger partial charge is 0.251 e.